The highest BCUT2D eigenvalue weighted by Gasteiger charge is 1.98. The summed E-state index contributed by atoms with van der Waals surface area (Å²) in [5, 5.41) is 17.2. The van der Waals surface area contributed by atoms with Crippen molar-refractivity contribution in [3.8, 4) is 0 Å². The van der Waals surface area contributed by atoms with E-state index in [1.165, 1.54) is 0 Å². The molecule has 35 heteroatoms. The van der Waals surface area contributed by atoms with Crippen molar-refractivity contribution in [1.82, 2.24) is 0 Å². The minimum atomic E-state index is -1.04. The summed E-state index contributed by atoms with van der Waals surface area (Å²) in [5.74, 6) is 0. The molecule has 0 heterocycles. The van der Waals surface area contributed by atoms with Gasteiger partial charge in [-0.3, -0.25) is 0 Å². The maximum absolute atomic E-state index is 8.61. The normalized spacial score (nSPS) is 17.0. The molecule has 2 N–H and O–H groups in total. The molecule has 0 bridgehead atoms. The average Bonchev–Trinajstić information content (AvgIpc) is 2.91. The number of aliphatic hydroxyl groups excluding tert-OH is 2. The van der Waals surface area contributed by atoms with Gasteiger partial charge in [0.05, 0.1) is 12.5 Å². The molecule has 0 unspecified atom stereocenters. The monoisotopic (exact) mass is 828 g/mol. The third-order valence-electron chi connectivity index (χ3n) is 2.97. The van der Waals surface area contributed by atoms with E-state index >= 15 is 0 Å². The molecule has 0 atom stereocenters. The molecule has 18 nitrogen and oxygen atoms in total. The number of rotatable bonds is 34. The van der Waals surface area contributed by atoms with Crippen LogP contribution in [0, 0.1) is 0 Å². The predicted octanol–water partition coefficient (Wildman–Crippen LogP) is -17.7. The minimum Gasteiger partial charge on any atom is -0.444 e. The molecule has 0 spiro atoms. The molecule has 0 saturated heterocycles. The second-order valence-corrected chi connectivity index (χ2v) is 37.3. The first kappa shape index (κ1) is 40.0. The number of hydrogen-bond acceptors (Lipinski definition) is 18. The van der Waals surface area contributed by atoms with Crippen LogP contribution < -0.4 is 0 Å². The summed E-state index contributed by atoms with van der Waals surface area (Å²) in [6.07, 6.45) is 0.308. The zero-order chi connectivity index (χ0) is 26.7. The largest absolute Gasteiger partial charge is 0.444 e. The molecule has 0 aliphatic heterocycles. The van der Waals surface area contributed by atoms with Gasteiger partial charge in [-0.25, -0.2) is 0 Å². The Labute approximate surface area is 256 Å². The topological polar surface area (TPSA) is 188 Å². The van der Waals surface area contributed by atoms with Gasteiger partial charge in [-0.2, -0.15) is 0 Å². The Kier molecular flexibility index (Phi) is 42.1. The van der Waals surface area contributed by atoms with Gasteiger partial charge in [0, 0.05) is 0 Å². The van der Waals surface area contributed by atoms with Crippen LogP contribution in [0.2, 0.25) is 0 Å². The molecular formula is C2H40O18Si17. The molecule has 0 amide bonds. The number of hydrogen-bond donors (Lipinski definition) is 2. The first-order valence-electron chi connectivity index (χ1n) is 10.9. The molecule has 0 rings (SSSR count). The van der Waals surface area contributed by atoms with E-state index in [1.807, 2.05) is 0 Å². The van der Waals surface area contributed by atoms with Crippen molar-refractivity contribution in [2.45, 2.75) is 0 Å². The Morgan fingerprint density at radius 2 is 0.378 bits per heavy atom. The van der Waals surface area contributed by atoms with Crippen LogP contribution in [0.4, 0.5) is 0 Å². The zero-order valence-corrected chi connectivity index (χ0v) is 44.9. The summed E-state index contributed by atoms with van der Waals surface area (Å²) in [5.41, 5.74) is 0. The van der Waals surface area contributed by atoms with Gasteiger partial charge in [0.15, 0.2) is 19.5 Å². The van der Waals surface area contributed by atoms with Gasteiger partial charge in [-0.1, -0.05) is 0 Å². The van der Waals surface area contributed by atoms with E-state index in [2.05, 4.69) is 0 Å². The lowest BCUT2D eigenvalue weighted by Gasteiger charge is -2.09. The van der Waals surface area contributed by atoms with Gasteiger partial charge in [0.2, 0.25) is 0 Å². The van der Waals surface area contributed by atoms with Crippen molar-refractivity contribution in [2.75, 3.05) is 12.5 Å². The van der Waals surface area contributed by atoms with Crippen LogP contribution in [0.5, 0.6) is 0 Å². The van der Waals surface area contributed by atoms with Crippen molar-refractivity contribution >= 4 is 170 Å². The van der Waals surface area contributed by atoms with Gasteiger partial charge in [0.1, 0.15) is 0 Å². The lowest BCUT2D eigenvalue weighted by molar-refractivity contribution is 0.341. The van der Waals surface area contributed by atoms with E-state index in [0.29, 0.717) is 0 Å². The Balaban J connectivity index is 3.00. The van der Waals surface area contributed by atoms with Crippen molar-refractivity contribution in [1.29, 1.82) is 0 Å². The Morgan fingerprint density at radius 1 is 0.243 bits per heavy atom. The van der Waals surface area contributed by atoms with Crippen molar-refractivity contribution in [3.63, 3.8) is 0 Å². The van der Waals surface area contributed by atoms with Crippen molar-refractivity contribution < 1.29 is 76.1 Å². The second-order valence-electron chi connectivity index (χ2n) is 5.89. The fourth-order valence-electron chi connectivity index (χ4n) is 1.61. The summed E-state index contributed by atoms with van der Waals surface area (Å²) in [7, 11) is -16.7. The van der Waals surface area contributed by atoms with Gasteiger partial charge in [-0.15, -0.1) is 0 Å². The molecular weight excluding hydrogens is 789 g/mol. The van der Waals surface area contributed by atoms with E-state index in [-0.39, 0.29) is 12.5 Å². The highest BCUT2D eigenvalue weighted by molar-refractivity contribution is 6.51. The SMILES string of the molecule is OC[SiH2]O[SiH2]O[SiH2]O[SiH2]O[SiH2]O[SiH2]O[SiH2]O[SiH2]O[SiH2]O[SiH2]O[SiH2]O[SiH2]O[SiH2]O[SiH2]O[SiH2]O[SiH2]O[SiH2]CO. The van der Waals surface area contributed by atoms with Crippen LogP contribution in [-0.4, -0.2) is 192 Å². The molecule has 0 aromatic rings. The molecule has 0 aliphatic rings. The van der Waals surface area contributed by atoms with Gasteiger partial charge in [-0.05, 0) is 0 Å². The molecule has 37 heavy (non-hydrogen) atoms. The van der Waals surface area contributed by atoms with E-state index < -0.39 is 170 Å². The van der Waals surface area contributed by atoms with Gasteiger partial charge >= 0.3 is 0 Å². The van der Waals surface area contributed by atoms with E-state index in [0.717, 1.165) is 0 Å². The molecule has 0 aliphatic carbocycles. The summed E-state index contributed by atoms with van der Waals surface area (Å²) in [4.78, 5) is 0. The maximum Gasteiger partial charge on any atom is 0.286 e. The third-order valence-corrected chi connectivity index (χ3v) is 25.6. The highest BCUT2D eigenvalue weighted by Crippen LogP contribution is 1.80. The number of aliphatic hydroxyl groups is 2. The molecule has 0 aromatic carbocycles. The van der Waals surface area contributed by atoms with Gasteiger partial charge < -0.3 is 76.1 Å². The third kappa shape index (κ3) is 39.0. The van der Waals surface area contributed by atoms with Crippen LogP contribution in [0.15, 0.2) is 0 Å². The van der Waals surface area contributed by atoms with E-state index in [4.69, 9.17) is 76.1 Å². The first-order chi connectivity index (χ1) is 18.4. The minimum absolute atomic E-state index is 0.154. The zero-order valence-electron chi connectivity index (χ0n) is 20.9. The molecule has 0 saturated carbocycles. The molecule has 0 fully saturated rings. The summed E-state index contributed by atoms with van der Waals surface area (Å²) in [6, 6.07) is 0. The molecule has 0 radical (unpaired) electrons. The highest BCUT2D eigenvalue weighted by atomic mass is 28.4. The Morgan fingerprint density at radius 3 is 0.514 bits per heavy atom. The fraction of sp³-hybridized carbons (Fsp3) is 1.00. The smallest absolute Gasteiger partial charge is 0.286 e. The quantitative estimate of drug-likeness (QED) is 0.0460. The Bertz CT molecular complexity index is 371. The summed E-state index contributed by atoms with van der Waals surface area (Å²) in [6.45, 7) is 0. The first-order valence-corrected chi connectivity index (χ1v) is 31.3. The summed E-state index contributed by atoms with van der Waals surface area (Å²) < 4.78 is 86.2. The van der Waals surface area contributed by atoms with E-state index in [9.17, 15) is 0 Å². The van der Waals surface area contributed by atoms with Crippen LogP contribution in [-0.2, 0) is 65.8 Å². The van der Waals surface area contributed by atoms with Crippen LogP contribution in [0.1, 0.15) is 0 Å². The van der Waals surface area contributed by atoms with Crippen molar-refractivity contribution in [2.24, 2.45) is 0 Å². The molecule has 0 aromatic heterocycles. The Hall–Kier alpha value is 2.97. The fourth-order valence-corrected chi connectivity index (χ4v) is 30.4. The van der Waals surface area contributed by atoms with Crippen LogP contribution >= 0.6 is 0 Å². The second kappa shape index (κ2) is 39.0. The lowest BCUT2D eigenvalue weighted by atomic mass is 11.7. The summed E-state index contributed by atoms with van der Waals surface area (Å²) >= 11 is 0. The van der Waals surface area contributed by atoms with Crippen molar-refractivity contribution in [3.05, 3.63) is 0 Å². The average molecular weight is 830 g/mol. The van der Waals surface area contributed by atoms with Gasteiger partial charge in [0.25, 0.3) is 150 Å². The standard InChI is InChI=1S/C2H40O18Si17/c3-1-21-5-23-7-25-9-27-11-29-13-31-15-33-17-35-19-37-20-36-18-34-16-32-14-30-12-28-10-26-8-24-6-22-2-4/h3-4H,1-2,21-37H2. The predicted molar refractivity (Wildman–Crippen MR) is 177 cm³/mol. The maximum atomic E-state index is 8.61. The molecule has 224 valence electrons. The van der Waals surface area contributed by atoms with Crippen LogP contribution in [0.25, 0.3) is 0 Å². The lowest BCUT2D eigenvalue weighted by Crippen LogP contribution is -2.22. The van der Waals surface area contributed by atoms with E-state index in [1.54, 1.807) is 0 Å². The van der Waals surface area contributed by atoms with Crippen LogP contribution in [0.3, 0.4) is 0 Å².